The van der Waals surface area contributed by atoms with Gasteiger partial charge in [0.25, 0.3) is 5.91 Å². The minimum absolute atomic E-state index is 0.00159. The van der Waals surface area contributed by atoms with Gasteiger partial charge in [0.1, 0.15) is 6.10 Å². The summed E-state index contributed by atoms with van der Waals surface area (Å²) in [6.07, 6.45) is 3.11. The molecule has 1 aromatic heterocycles. The van der Waals surface area contributed by atoms with Crippen LogP contribution < -0.4 is 14.2 Å². The van der Waals surface area contributed by atoms with Crippen molar-refractivity contribution in [3.05, 3.63) is 54.2 Å². The zero-order valence-corrected chi connectivity index (χ0v) is 16.5. The van der Waals surface area contributed by atoms with Gasteiger partial charge in [0.15, 0.2) is 11.5 Å². The van der Waals surface area contributed by atoms with Crippen LogP contribution in [-0.4, -0.2) is 54.2 Å². The van der Waals surface area contributed by atoms with Crippen molar-refractivity contribution in [3.8, 4) is 17.4 Å². The van der Waals surface area contributed by atoms with Crippen LogP contribution in [0.4, 0.5) is 0 Å². The molecule has 0 aliphatic carbocycles. The molecule has 1 saturated heterocycles. The van der Waals surface area contributed by atoms with Crippen LogP contribution in [-0.2, 0) is 0 Å². The Bertz CT molecular complexity index is 1020. The highest BCUT2D eigenvalue weighted by molar-refractivity contribution is 5.97. The van der Waals surface area contributed by atoms with Gasteiger partial charge in [-0.05, 0) is 24.3 Å². The van der Waals surface area contributed by atoms with Gasteiger partial charge < -0.3 is 19.1 Å². The number of carbonyl (C=O) groups excluding carboxylic acids is 1. The maximum absolute atomic E-state index is 13.0. The molecule has 0 N–H and O–H groups in total. The Hall–Kier alpha value is -3.35. The number of fused-ring (bicyclic) bond motifs is 1. The molecule has 3 aromatic rings. The molecular weight excluding hydrogens is 370 g/mol. The molecule has 1 fully saturated rings. The van der Waals surface area contributed by atoms with Gasteiger partial charge in [0.2, 0.25) is 5.88 Å². The number of hydrogen-bond acceptors (Lipinski definition) is 6. The molecule has 2 heterocycles. The van der Waals surface area contributed by atoms with Crippen LogP contribution in [0.5, 0.6) is 17.4 Å². The van der Waals surface area contributed by atoms with Crippen LogP contribution in [0.3, 0.4) is 0 Å². The highest BCUT2D eigenvalue weighted by Crippen LogP contribution is 2.32. The Labute approximate surface area is 169 Å². The predicted molar refractivity (Wildman–Crippen MR) is 109 cm³/mol. The molecule has 150 valence electrons. The number of nitrogens with zero attached hydrogens (tertiary/aromatic N) is 3. The van der Waals surface area contributed by atoms with Crippen LogP contribution in [0.25, 0.3) is 11.0 Å². The van der Waals surface area contributed by atoms with E-state index in [9.17, 15) is 4.79 Å². The fourth-order valence-electron chi connectivity index (χ4n) is 3.57. The Kier molecular flexibility index (Phi) is 5.46. The van der Waals surface area contributed by atoms with E-state index in [1.807, 2.05) is 29.2 Å². The number of amides is 1. The van der Waals surface area contributed by atoms with Crippen LogP contribution >= 0.6 is 0 Å². The molecule has 2 aromatic carbocycles. The molecule has 0 unspecified atom stereocenters. The van der Waals surface area contributed by atoms with E-state index in [-0.39, 0.29) is 12.0 Å². The average Bonchev–Trinajstić information content (AvgIpc) is 2.78. The number of piperidine rings is 1. The van der Waals surface area contributed by atoms with Crippen molar-refractivity contribution >= 4 is 16.9 Å². The number of likely N-dealkylation sites (tertiary alicyclic amines) is 1. The van der Waals surface area contributed by atoms with Gasteiger partial charge in [-0.15, -0.1) is 0 Å². The fraction of sp³-hybridized carbons (Fsp3) is 0.318. The van der Waals surface area contributed by atoms with Gasteiger partial charge in [0.05, 0.1) is 37.0 Å². The smallest absolute Gasteiger partial charge is 0.257 e. The summed E-state index contributed by atoms with van der Waals surface area (Å²) in [4.78, 5) is 23.7. The Morgan fingerprint density at radius 3 is 2.48 bits per heavy atom. The SMILES string of the molecule is COc1cccc(C(=O)N2CCC(Oc3cnc4ccccc4n3)CC2)c1OC. The second kappa shape index (κ2) is 8.34. The summed E-state index contributed by atoms with van der Waals surface area (Å²) in [6, 6.07) is 13.0. The Balaban J connectivity index is 1.41. The van der Waals surface area contributed by atoms with E-state index in [2.05, 4.69) is 9.97 Å². The van der Waals surface area contributed by atoms with Crippen molar-refractivity contribution in [3.63, 3.8) is 0 Å². The molecule has 0 saturated carbocycles. The summed E-state index contributed by atoms with van der Waals surface area (Å²) in [5, 5.41) is 0. The minimum Gasteiger partial charge on any atom is -0.493 e. The molecule has 4 rings (SSSR count). The second-order valence-electron chi connectivity index (χ2n) is 6.85. The van der Waals surface area contributed by atoms with Crippen LogP contribution in [0.2, 0.25) is 0 Å². The number of methoxy groups -OCH3 is 2. The zero-order valence-electron chi connectivity index (χ0n) is 16.5. The quantitative estimate of drug-likeness (QED) is 0.662. The number of carbonyl (C=O) groups is 1. The number of rotatable bonds is 5. The first-order valence-electron chi connectivity index (χ1n) is 9.58. The summed E-state index contributed by atoms with van der Waals surface area (Å²) in [5.74, 6) is 1.46. The molecule has 1 aliphatic heterocycles. The van der Waals surface area contributed by atoms with E-state index in [4.69, 9.17) is 14.2 Å². The van der Waals surface area contributed by atoms with E-state index in [0.29, 0.717) is 36.0 Å². The zero-order chi connectivity index (χ0) is 20.2. The number of ether oxygens (including phenoxy) is 3. The van der Waals surface area contributed by atoms with Crippen LogP contribution in [0.1, 0.15) is 23.2 Å². The van der Waals surface area contributed by atoms with Crippen LogP contribution in [0.15, 0.2) is 48.7 Å². The topological polar surface area (TPSA) is 73.8 Å². The van der Waals surface area contributed by atoms with E-state index in [1.54, 1.807) is 38.6 Å². The van der Waals surface area contributed by atoms with Crippen molar-refractivity contribution in [2.75, 3.05) is 27.3 Å². The third kappa shape index (κ3) is 3.94. The number of para-hydroxylation sites is 3. The van der Waals surface area contributed by atoms with E-state index in [1.165, 1.54) is 0 Å². The lowest BCUT2D eigenvalue weighted by Gasteiger charge is -2.32. The maximum Gasteiger partial charge on any atom is 0.257 e. The van der Waals surface area contributed by atoms with Crippen molar-refractivity contribution in [2.24, 2.45) is 0 Å². The molecule has 29 heavy (non-hydrogen) atoms. The first-order valence-corrected chi connectivity index (χ1v) is 9.58. The molecule has 0 atom stereocenters. The third-order valence-electron chi connectivity index (χ3n) is 5.08. The summed E-state index contributed by atoms with van der Waals surface area (Å²) < 4.78 is 16.7. The molecule has 1 amide bonds. The lowest BCUT2D eigenvalue weighted by atomic mass is 10.1. The largest absolute Gasteiger partial charge is 0.493 e. The fourth-order valence-corrected chi connectivity index (χ4v) is 3.57. The summed E-state index contributed by atoms with van der Waals surface area (Å²) >= 11 is 0. The minimum atomic E-state index is -0.0651. The third-order valence-corrected chi connectivity index (χ3v) is 5.08. The lowest BCUT2D eigenvalue weighted by molar-refractivity contribution is 0.0584. The lowest BCUT2D eigenvalue weighted by Crippen LogP contribution is -2.42. The molecule has 0 spiro atoms. The van der Waals surface area contributed by atoms with Gasteiger partial charge in [-0.1, -0.05) is 18.2 Å². The monoisotopic (exact) mass is 393 g/mol. The highest BCUT2D eigenvalue weighted by atomic mass is 16.5. The number of benzene rings is 2. The van der Waals surface area contributed by atoms with Crippen molar-refractivity contribution in [1.29, 1.82) is 0 Å². The highest BCUT2D eigenvalue weighted by Gasteiger charge is 2.27. The van der Waals surface area contributed by atoms with Gasteiger partial charge in [-0.3, -0.25) is 4.79 Å². The molecule has 7 nitrogen and oxygen atoms in total. The van der Waals surface area contributed by atoms with Gasteiger partial charge >= 0.3 is 0 Å². The predicted octanol–water partition coefficient (Wildman–Crippen LogP) is 3.33. The average molecular weight is 393 g/mol. The number of aromatic nitrogens is 2. The van der Waals surface area contributed by atoms with Crippen molar-refractivity contribution in [1.82, 2.24) is 14.9 Å². The Morgan fingerprint density at radius 2 is 1.76 bits per heavy atom. The first kappa shape index (κ1) is 19.0. The Morgan fingerprint density at radius 1 is 1.00 bits per heavy atom. The molecular formula is C22H23N3O4. The number of hydrogen-bond donors (Lipinski definition) is 0. The second-order valence-corrected chi connectivity index (χ2v) is 6.85. The van der Waals surface area contributed by atoms with Crippen molar-refractivity contribution < 1.29 is 19.0 Å². The van der Waals surface area contributed by atoms with Crippen LogP contribution in [0, 0.1) is 0 Å². The molecule has 0 radical (unpaired) electrons. The standard InChI is InChI=1S/C22H23N3O4/c1-27-19-9-5-6-16(21(19)28-2)22(26)25-12-10-15(11-13-25)29-20-14-23-17-7-3-4-8-18(17)24-20/h3-9,14-15H,10-13H2,1-2H3. The van der Waals surface area contributed by atoms with Crippen molar-refractivity contribution in [2.45, 2.75) is 18.9 Å². The van der Waals surface area contributed by atoms with E-state index >= 15 is 0 Å². The molecule has 0 bridgehead atoms. The van der Waals surface area contributed by atoms with E-state index in [0.717, 1.165) is 23.9 Å². The maximum atomic E-state index is 13.0. The molecule has 7 heteroatoms. The first-order chi connectivity index (χ1) is 14.2. The normalized spacial score (nSPS) is 14.6. The summed E-state index contributed by atoms with van der Waals surface area (Å²) in [6.45, 7) is 1.20. The van der Waals surface area contributed by atoms with E-state index < -0.39 is 0 Å². The summed E-state index contributed by atoms with van der Waals surface area (Å²) in [7, 11) is 3.10. The molecule has 1 aliphatic rings. The van der Waals surface area contributed by atoms with Gasteiger partial charge in [-0.2, -0.15) is 0 Å². The van der Waals surface area contributed by atoms with Gasteiger partial charge in [0, 0.05) is 25.9 Å². The van der Waals surface area contributed by atoms with Gasteiger partial charge in [-0.25, -0.2) is 9.97 Å². The summed E-state index contributed by atoms with van der Waals surface area (Å²) in [5.41, 5.74) is 2.15.